The normalized spacial score (nSPS) is 14.8. The third-order valence-corrected chi connectivity index (χ3v) is 2.01. The lowest BCUT2D eigenvalue weighted by molar-refractivity contribution is 0.122. The fourth-order valence-corrected chi connectivity index (χ4v) is 1.25. The molecule has 0 amide bonds. The third kappa shape index (κ3) is 1.61. The number of terminal acetylenes is 1. The van der Waals surface area contributed by atoms with E-state index < -0.39 is 5.60 Å². The van der Waals surface area contributed by atoms with Crippen LogP contribution in [0.4, 0.5) is 0 Å². The molecule has 0 saturated carbocycles. The molecule has 0 aliphatic carbocycles. The minimum atomic E-state index is -1.28. The Morgan fingerprint density at radius 2 is 2.08 bits per heavy atom. The molecule has 1 aromatic rings. The van der Waals surface area contributed by atoms with Crippen LogP contribution in [-0.4, -0.2) is 5.11 Å². The Morgan fingerprint density at radius 1 is 1.50 bits per heavy atom. The molecule has 12 heavy (non-hydrogen) atoms. The van der Waals surface area contributed by atoms with E-state index in [2.05, 4.69) is 5.92 Å². The van der Waals surface area contributed by atoms with Gasteiger partial charge in [-0.05, 0) is 13.0 Å². The van der Waals surface area contributed by atoms with E-state index in [0.29, 0.717) is 10.6 Å². The number of aliphatic hydroxyl groups is 1. The SMILES string of the molecule is C#C[C@@](C)(O)c1ccccc1Cl. The second-order valence-electron chi connectivity index (χ2n) is 2.70. The largest absolute Gasteiger partial charge is 0.374 e. The first-order chi connectivity index (χ1) is 5.58. The number of hydrogen-bond acceptors (Lipinski definition) is 1. The molecule has 1 atom stereocenters. The number of benzene rings is 1. The lowest BCUT2D eigenvalue weighted by atomic mass is 9.97. The first-order valence-electron chi connectivity index (χ1n) is 3.53. The van der Waals surface area contributed by atoms with Crippen molar-refractivity contribution in [2.75, 3.05) is 0 Å². The smallest absolute Gasteiger partial charge is 0.149 e. The summed E-state index contributed by atoms with van der Waals surface area (Å²) in [5.41, 5.74) is -0.715. The summed E-state index contributed by atoms with van der Waals surface area (Å²) in [6, 6.07) is 6.98. The molecule has 0 saturated heterocycles. The Hall–Kier alpha value is -0.970. The molecule has 1 aromatic carbocycles. The first kappa shape index (κ1) is 9.12. The van der Waals surface area contributed by atoms with Crippen molar-refractivity contribution in [3.63, 3.8) is 0 Å². The second-order valence-corrected chi connectivity index (χ2v) is 3.10. The van der Waals surface area contributed by atoms with Crippen molar-refractivity contribution in [3.05, 3.63) is 34.9 Å². The highest BCUT2D eigenvalue weighted by Gasteiger charge is 2.21. The van der Waals surface area contributed by atoms with Gasteiger partial charge in [0.15, 0.2) is 0 Å². The van der Waals surface area contributed by atoms with Gasteiger partial charge in [0.25, 0.3) is 0 Å². The van der Waals surface area contributed by atoms with Gasteiger partial charge in [-0.1, -0.05) is 35.7 Å². The van der Waals surface area contributed by atoms with Crippen molar-refractivity contribution in [3.8, 4) is 12.3 Å². The van der Waals surface area contributed by atoms with Crippen molar-refractivity contribution >= 4 is 11.6 Å². The van der Waals surface area contributed by atoms with Crippen molar-refractivity contribution in [1.82, 2.24) is 0 Å². The molecule has 2 heteroatoms. The summed E-state index contributed by atoms with van der Waals surface area (Å²) >= 11 is 5.83. The van der Waals surface area contributed by atoms with Crippen LogP contribution in [0.1, 0.15) is 12.5 Å². The third-order valence-electron chi connectivity index (χ3n) is 1.68. The molecule has 0 unspecified atom stereocenters. The summed E-state index contributed by atoms with van der Waals surface area (Å²) in [5, 5.41) is 10.1. The van der Waals surface area contributed by atoms with Gasteiger partial charge in [0.1, 0.15) is 5.60 Å². The van der Waals surface area contributed by atoms with Gasteiger partial charge in [0, 0.05) is 10.6 Å². The van der Waals surface area contributed by atoms with E-state index in [0.717, 1.165) is 0 Å². The van der Waals surface area contributed by atoms with Crippen LogP contribution < -0.4 is 0 Å². The van der Waals surface area contributed by atoms with E-state index in [1.807, 2.05) is 0 Å². The fourth-order valence-electron chi connectivity index (χ4n) is 0.934. The molecule has 0 aliphatic rings. The molecule has 1 N–H and O–H groups in total. The maximum Gasteiger partial charge on any atom is 0.149 e. The van der Waals surface area contributed by atoms with Gasteiger partial charge in [-0.25, -0.2) is 0 Å². The van der Waals surface area contributed by atoms with Crippen LogP contribution in [0.25, 0.3) is 0 Å². The second kappa shape index (κ2) is 3.18. The molecule has 0 spiro atoms. The molecule has 0 fully saturated rings. The standard InChI is InChI=1S/C10H9ClO/c1-3-10(2,12)8-6-4-5-7-9(8)11/h1,4-7,12H,2H3/t10-/m1/s1. The Bertz CT molecular complexity index is 323. The fraction of sp³-hybridized carbons (Fsp3) is 0.200. The van der Waals surface area contributed by atoms with E-state index in [-0.39, 0.29) is 0 Å². The van der Waals surface area contributed by atoms with Crippen LogP contribution in [0.3, 0.4) is 0 Å². The summed E-state index contributed by atoms with van der Waals surface area (Å²) in [4.78, 5) is 0. The number of hydrogen-bond donors (Lipinski definition) is 1. The van der Waals surface area contributed by atoms with Crippen LogP contribution in [0.5, 0.6) is 0 Å². The first-order valence-corrected chi connectivity index (χ1v) is 3.91. The number of halogens is 1. The summed E-state index contributed by atoms with van der Waals surface area (Å²) in [6.45, 7) is 1.54. The highest BCUT2D eigenvalue weighted by atomic mass is 35.5. The summed E-state index contributed by atoms with van der Waals surface area (Å²) in [7, 11) is 0. The van der Waals surface area contributed by atoms with Gasteiger partial charge >= 0.3 is 0 Å². The van der Waals surface area contributed by atoms with E-state index in [1.165, 1.54) is 6.92 Å². The molecule has 0 bridgehead atoms. The predicted molar refractivity (Wildman–Crippen MR) is 49.9 cm³/mol. The minimum Gasteiger partial charge on any atom is -0.374 e. The summed E-state index contributed by atoms with van der Waals surface area (Å²) < 4.78 is 0. The highest BCUT2D eigenvalue weighted by molar-refractivity contribution is 6.31. The van der Waals surface area contributed by atoms with Gasteiger partial charge in [-0.3, -0.25) is 0 Å². The lowest BCUT2D eigenvalue weighted by Crippen LogP contribution is -2.18. The molecule has 1 rings (SSSR count). The van der Waals surface area contributed by atoms with Crippen LogP contribution in [0.2, 0.25) is 5.02 Å². The van der Waals surface area contributed by atoms with Gasteiger partial charge in [0.05, 0.1) is 0 Å². The van der Waals surface area contributed by atoms with Crippen LogP contribution in [0, 0.1) is 12.3 Å². The Balaban J connectivity index is 3.22. The Kier molecular flexibility index (Phi) is 2.42. The topological polar surface area (TPSA) is 20.2 Å². The Morgan fingerprint density at radius 3 is 2.58 bits per heavy atom. The zero-order valence-corrected chi connectivity index (χ0v) is 7.47. The molecule has 0 aromatic heterocycles. The molecular formula is C10H9ClO. The quantitative estimate of drug-likeness (QED) is 0.657. The van der Waals surface area contributed by atoms with E-state index in [9.17, 15) is 5.11 Å². The summed E-state index contributed by atoms with van der Waals surface area (Å²) in [6.07, 6.45) is 5.15. The minimum absolute atomic E-state index is 0.487. The van der Waals surface area contributed by atoms with Crippen LogP contribution in [0.15, 0.2) is 24.3 Å². The Labute approximate surface area is 77.0 Å². The molecule has 0 aliphatic heterocycles. The van der Waals surface area contributed by atoms with Gasteiger partial charge < -0.3 is 5.11 Å². The average molecular weight is 181 g/mol. The predicted octanol–water partition coefficient (Wildman–Crippen LogP) is 2.18. The summed E-state index contributed by atoms with van der Waals surface area (Å²) in [5.74, 6) is 2.27. The van der Waals surface area contributed by atoms with Gasteiger partial charge in [0.2, 0.25) is 0 Å². The molecule has 62 valence electrons. The van der Waals surface area contributed by atoms with Gasteiger partial charge in [-0.2, -0.15) is 0 Å². The van der Waals surface area contributed by atoms with E-state index in [4.69, 9.17) is 18.0 Å². The van der Waals surface area contributed by atoms with E-state index in [1.54, 1.807) is 24.3 Å². The maximum absolute atomic E-state index is 9.65. The van der Waals surface area contributed by atoms with Crippen molar-refractivity contribution in [1.29, 1.82) is 0 Å². The molecular weight excluding hydrogens is 172 g/mol. The van der Waals surface area contributed by atoms with Crippen LogP contribution in [-0.2, 0) is 5.60 Å². The lowest BCUT2D eigenvalue weighted by Gasteiger charge is -2.17. The van der Waals surface area contributed by atoms with Crippen molar-refractivity contribution in [2.24, 2.45) is 0 Å². The zero-order valence-electron chi connectivity index (χ0n) is 6.71. The van der Waals surface area contributed by atoms with Crippen molar-refractivity contribution in [2.45, 2.75) is 12.5 Å². The van der Waals surface area contributed by atoms with E-state index >= 15 is 0 Å². The molecule has 1 nitrogen and oxygen atoms in total. The number of rotatable bonds is 1. The molecule has 0 heterocycles. The van der Waals surface area contributed by atoms with Crippen LogP contribution >= 0.6 is 11.6 Å². The molecule has 0 radical (unpaired) electrons. The zero-order chi connectivity index (χ0) is 9.19. The highest BCUT2D eigenvalue weighted by Crippen LogP contribution is 2.26. The van der Waals surface area contributed by atoms with Crippen molar-refractivity contribution < 1.29 is 5.11 Å². The van der Waals surface area contributed by atoms with Gasteiger partial charge in [-0.15, -0.1) is 6.42 Å². The average Bonchev–Trinajstić information content (AvgIpc) is 2.05. The maximum atomic E-state index is 9.65. The monoisotopic (exact) mass is 180 g/mol.